The van der Waals surface area contributed by atoms with Gasteiger partial charge in [-0.3, -0.25) is 9.59 Å². The first kappa shape index (κ1) is 21.4. The molecule has 0 fully saturated rings. The van der Waals surface area contributed by atoms with E-state index in [0.717, 1.165) is 0 Å². The summed E-state index contributed by atoms with van der Waals surface area (Å²) >= 11 is 0. The Bertz CT molecular complexity index is 246. The molecule has 0 radical (unpaired) electrons. The third-order valence-electron chi connectivity index (χ3n) is 1.27. The van der Waals surface area contributed by atoms with Crippen molar-refractivity contribution in [3.05, 3.63) is 0 Å². The molecule has 6 N–H and O–H groups in total. The molecule has 0 aromatic heterocycles. The summed E-state index contributed by atoms with van der Waals surface area (Å²) in [6.07, 6.45) is -1.76. The molecule has 0 rings (SSSR count). The first-order valence-corrected chi connectivity index (χ1v) is 4.04. The predicted octanol–water partition coefficient (Wildman–Crippen LogP) is -1.67. The van der Waals surface area contributed by atoms with Crippen LogP contribution < -0.4 is 5.73 Å². The molecule has 0 aromatic rings. The van der Waals surface area contributed by atoms with Crippen LogP contribution in [-0.4, -0.2) is 77.2 Å². The fraction of sp³-hybridized carbons (Fsp3) is 0.750. The van der Waals surface area contributed by atoms with Gasteiger partial charge in [0.15, 0.2) is 5.92 Å². The van der Waals surface area contributed by atoms with Gasteiger partial charge in [-0.1, -0.05) is 0 Å². The van der Waals surface area contributed by atoms with Crippen molar-refractivity contribution < 1.29 is 32.9 Å². The number of aliphatic hydroxyl groups is 1. The molecule has 0 heterocycles. The SMILES string of the molecule is CC(C)(C)OC(=O)C(C(=O)O)C(N)O.O.[Ca+2].[H-].[H-]. The molecule has 0 aliphatic carbocycles. The zero-order valence-electron chi connectivity index (χ0n) is 11.6. The maximum atomic E-state index is 11.2. The second kappa shape index (κ2) is 8.21. The average Bonchev–Trinajstić information content (AvgIpc) is 1.78. The van der Waals surface area contributed by atoms with E-state index >= 15 is 0 Å². The standard InChI is InChI=1S/C8H15NO5.Ca.H2O.2H/c1-8(2,3)14-7(13)4(5(9)10)6(11)12;;;;/h4-5,10H,9H2,1-3H3,(H,11,12);;1H2;;/q;+2;;2*-1. The molecule has 2 atom stereocenters. The Balaban J connectivity index is -0.000000141. The number of hydrogen-bond donors (Lipinski definition) is 3. The number of hydrogen-bond acceptors (Lipinski definition) is 5. The van der Waals surface area contributed by atoms with Crippen LogP contribution in [-0.2, 0) is 14.3 Å². The zero-order chi connectivity index (χ0) is 11.5. The number of carboxylic acid groups (broad SMARTS) is 1. The summed E-state index contributed by atoms with van der Waals surface area (Å²) < 4.78 is 4.76. The molecule has 2 unspecified atom stereocenters. The molecule has 0 saturated carbocycles. The van der Waals surface area contributed by atoms with Gasteiger partial charge < -0.3 is 29.0 Å². The Hall–Kier alpha value is 0.0797. The number of esters is 1. The van der Waals surface area contributed by atoms with Gasteiger partial charge in [0.2, 0.25) is 0 Å². The number of carboxylic acids is 1. The second-order valence-corrected chi connectivity index (χ2v) is 3.84. The van der Waals surface area contributed by atoms with Gasteiger partial charge in [0.25, 0.3) is 0 Å². The van der Waals surface area contributed by atoms with Crippen molar-refractivity contribution in [1.29, 1.82) is 0 Å². The monoisotopic (exact) mass is 265 g/mol. The van der Waals surface area contributed by atoms with Crippen LogP contribution in [0.3, 0.4) is 0 Å². The summed E-state index contributed by atoms with van der Waals surface area (Å²) in [5, 5.41) is 17.4. The van der Waals surface area contributed by atoms with Crippen molar-refractivity contribution in [2.45, 2.75) is 32.6 Å². The summed E-state index contributed by atoms with van der Waals surface area (Å²) in [7, 11) is 0. The predicted molar refractivity (Wildman–Crippen MR) is 58.8 cm³/mol. The molecule has 0 saturated heterocycles. The normalized spacial score (nSPS) is 13.8. The minimum absolute atomic E-state index is 0. The molecule has 16 heavy (non-hydrogen) atoms. The van der Waals surface area contributed by atoms with E-state index in [-0.39, 0.29) is 46.1 Å². The third-order valence-corrected chi connectivity index (χ3v) is 1.27. The van der Waals surface area contributed by atoms with Crippen molar-refractivity contribution in [2.75, 3.05) is 0 Å². The van der Waals surface area contributed by atoms with Crippen molar-refractivity contribution >= 4 is 49.7 Å². The number of rotatable bonds is 3. The van der Waals surface area contributed by atoms with Gasteiger partial charge in [-0.15, -0.1) is 0 Å². The quantitative estimate of drug-likeness (QED) is 0.241. The molecule has 94 valence electrons. The van der Waals surface area contributed by atoms with Crippen LogP contribution in [0.5, 0.6) is 0 Å². The first-order valence-electron chi connectivity index (χ1n) is 4.04. The fourth-order valence-electron chi connectivity index (χ4n) is 0.752. The molecule has 7 nitrogen and oxygen atoms in total. The van der Waals surface area contributed by atoms with Crippen molar-refractivity contribution in [3.8, 4) is 0 Å². The average molecular weight is 265 g/mol. The van der Waals surface area contributed by atoms with E-state index in [9.17, 15) is 9.59 Å². The van der Waals surface area contributed by atoms with Crippen LogP contribution in [0.2, 0.25) is 0 Å². The van der Waals surface area contributed by atoms with E-state index < -0.39 is 29.7 Å². The molecular formula is C8H19CaNO6. The van der Waals surface area contributed by atoms with Gasteiger partial charge in [0, 0.05) is 0 Å². The summed E-state index contributed by atoms with van der Waals surface area (Å²) in [6.45, 7) is 4.77. The maximum Gasteiger partial charge on any atom is 2.00 e. The molecular weight excluding hydrogens is 246 g/mol. The third kappa shape index (κ3) is 8.26. The van der Waals surface area contributed by atoms with Gasteiger partial charge in [-0.25, -0.2) is 0 Å². The fourth-order valence-corrected chi connectivity index (χ4v) is 0.752. The summed E-state index contributed by atoms with van der Waals surface area (Å²) in [6, 6.07) is 0. The van der Waals surface area contributed by atoms with Gasteiger partial charge in [-0.2, -0.15) is 0 Å². The molecule has 8 heteroatoms. The number of nitrogens with two attached hydrogens (primary N) is 1. The van der Waals surface area contributed by atoms with Crippen molar-refractivity contribution in [1.82, 2.24) is 0 Å². The molecule has 0 amide bonds. The second-order valence-electron chi connectivity index (χ2n) is 3.84. The summed E-state index contributed by atoms with van der Waals surface area (Å²) in [5.74, 6) is -4.29. The summed E-state index contributed by atoms with van der Waals surface area (Å²) in [5.41, 5.74) is 4.13. The molecule has 0 aliphatic rings. The van der Waals surface area contributed by atoms with Crippen LogP contribution in [0.1, 0.15) is 23.6 Å². The Morgan fingerprint density at radius 2 is 1.75 bits per heavy atom. The first-order chi connectivity index (χ1) is 6.15. The number of carbonyl (C=O) groups is 2. The van der Waals surface area contributed by atoms with E-state index in [0.29, 0.717) is 0 Å². The Morgan fingerprint density at radius 1 is 1.38 bits per heavy atom. The largest absolute Gasteiger partial charge is 2.00 e. The van der Waals surface area contributed by atoms with Crippen molar-refractivity contribution in [2.24, 2.45) is 11.7 Å². The molecule has 0 aliphatic heterocycles. The van der Waals surface area contributed by atoms with E-state index in [4.69, 9.17) is 20.7 Å². The summed E-state index contributed by atoms with van der Waals surface area (Å²) in [4.78, 5) is 21.7. The van der Waals surface area contributed by atoms with Crippen LogP contribution >= 0.6 is 0 Å². The number of aliphatic carboxylic acids is 1. The van der Waals surface area contributed by atoms with E-state index in [1.807, 2.05) is 0 Å². The molecule has 0 aromatic carbocycles. The molecule has 0 bridgehead atoms. The van der Waals surface area contributed by atoms with Gasteiger partial charge in [-0.05, 0) is 20.8 Å². The molecule has 0 spiro atoms. The minimum atomic E-state index is -1.76. The van der Waals surface area contributed by atoms with E-state index in [1.165, 1.54) is 0 Å². The Morgan fingerprint density at radius 3 is 1.94 bits per heavy atom. The smallest absolute Gasteiger partial charge is 1.00 e. The van der Waals surface area contributed by atoms with Crippen molar-refractivity contribution in [3.63, 3.8) is 0 Å². The minimum Gasteiger partial charge on any atom is -1.00 e. The van der Waals surface area contributed by atoms with Crippen LogP contribution in [0.25, 0.3) is 0 Å². The maximum absolute atomic E-state index is 11.2. The zero-order valence-corrected chi connectivity index (χ0v) is 11.8. The van der Waals surface area contributed by atoms with Crippen LogP contribution in [0.4, 0.5) is 0 Å². The van der Waals surface area contributed by atoms with Crippen LogP contribution in [0, 0.1) is 5.92 Å². The van der Waals surface area contributed by atoms with E-state index in [2.05, 4.69) is 0 Å². The number of carbonyl (C=O) groups excluding carboxylic acids is 1. The van der Waals surface area contributed by atoms with Gasteiger partial charge >= 0.3 is 49.7 Å². The van der Waals surface area contributed by atoms with Gasteiger partial charge in [0.05, 0.1) is 0 Å². The van der Waals surface area contributed by atoms with Gasteiger partial charge in [0.1, 0.15) is 11.8 Å². The topological polar surface area (TPSA) is 141 Å². The van der Waals surface area contributed by atoms with Crippen LogP contribution in [0.15, 0.2) is 0 Å². The number of aliphatic hydroxyl groups excluding tert-OH is 1. The number of ether oxygens (including phenoxy) is 1. The Labute approximate surface area is 126 Å². The van der Waals surface area contributed by atoms with E-state index in [1.54, 1.807) is 20.8 Å². The Kier molecular flexibility index (Phi) is 11.0.